The highest BCUT2D eigenvalue weighted by molar-refractivity contribution is 6.01. The largest absolute Gasteiger partial charge is 0.493 e. The van der Waals surface area contributed by atoms with Crippen LogP contribution in [0.25, 0.3) is 27.7 Å². The Balaban J connectivity index is 2.09. The molecule has 0 fully saturated rings. The van der Waals surface area contributed by atoms with E-state index < -0.39 is 0 Å². The fourth-order valence-corrected chi connectivity index (χ4v) is 3.64. The van der Waals surface area contributed by atoms with Gasteiger partial charge >= 0.3 is 0 Å². The van der Waals surface area contributed by atoms with E-state index in [-0.39, 0.29) is 17.8 Å². The SMILES string of the molecule is CCOc1c(/C(C)=C/C(=O)NC(C)COC)cc2c(-c3ccc(F)cc3)coc2c1C. The highest BCUT2D eigenvalue weighted by atomic mass is 19.1. The molecule has 0 saturated carbocycles. The van der Waals surface area contributed by atoms with Crippen molar-refractivity contribution >= 4 is 22.4 Å². The number of aryl methyl sites for hydroxylation is 1. The van der Waals surface area contributed by atoms with Gasteiger partial charge in [0.1, 0.15) is 17.1 Å². The number of rotatable bonds is 8. The van der Waals surface area contributed by atoms with Gasteiger partial charge in [0.15, 0.2) is 0 Å². The van der Waals surface area contributed by atoms with Crippen molar-refractivity contribution < 1.29 is 23.1 Å². The van der Waals surface area contributed by atoms with Crippen molar-refractivity contribution in [2.24, 2.45) is 0 Å². The number of allylic oxidation sites excluding steroid dienone is 1. The van der Waals surface area contributed by atoms with Crippen LogP contribution in [0.5, 0.6) is 5.75 Å². The van der Waals surface area contributed by atoms with E-state index in [0.717, 1.165) is 33.2 Å². The number of methoxy groups -OCH3 is 1. The second kappa shape index (κ2) is 9.79. The molecule has 0 aliphatic carbocycles. The fourth-order valence-electron chi connectivity index (χ4n) is 3.64. The molecule has 1 unspecified atom stereocenters. The lowest BCUT2D eigenvalue weighted by Gasteiger charge is -2.15. The second-order valence-electron chi connectivity index (χ2n) is 7.54. The zero-order valence-electron chi connectivity index (χ0n) is 18.5. The number of carbonyl (C=O) groups excluding carboxylic acids is 1. The van der Waals surface area contributed by atoms with Gasteiger partial charge in [0.25, 0.3) is 0 Å². The van der Waals surface area contributed by atoms with Gasteiger partial charge < -0.3 is 19.2 Å². The Hall–Kier alpha value is -3.12. The monoisotopic (exact) mass is 425 g/mol. The van der Waals surface area contributed by atoms with Gasteiger partial charge in [-0.15, -0.1) is 0 Å². The normalized spacial score (nSPS) is 12.8. The molecule has 1 heterocycles. The minimum Gasteiger partial charge on any atom is -0.493 e. The van der Waals surface area contributed by atoms with Gasteiger partial charge in [-0.25, -0.2) is 4.39 Å². The van der Waals surface area contributed by atoms with Crippen molar-refractivity contribution in [1.82, 2.24) is 5.32 Å². The molecule has 31 heavy (non-hydrogen) atoms. The predicted molar refractivity (Wildman–Crippen MR) is 121 cm³/mol. The smallest absolute Gasteiger partial charge is 0.244 e. The molecule has 6 heteroatoms. The minimum absolute atomic E-state index is 0.101. The van der Waals surface area contributed by atoms with Crippen molar-refractivity contribution in [3.8, 4) is 16.9 Å². The van der Waals surface area contributed by atoms with E-state index in [9.17, 15) is 9.18 Å². The lowest BCUT2D eigenvalue weighted by Crippen LogP contribution is -2.34. The number of hydrogen-bond acceptors (Lipinski definition) is 4. The maximum atomic E-state index is 13.4. The molecule has 5 nitrogen and oxygen atoms in total. The molecule has 0 aliphatic rings. The Morgan fingerprint density at radius 3 is 2.65 bits per heavy atom. The number of carbonyl (C=O) groups is 1. The third kappa shape index (κ3) is 4.97. The average Bonchev–Trinajstić information content (AvgIpc) is 3.14. The minimum atomic E-state index is -0.292. The van der Waals surface area contributed by atoms with E-state index in [1.165, 1.54) is 12.1 Å². The van der Waals surface area contributed by atoms with Gasteiger partial charge in [-0.1, -0.05) is 12.1 Å². The number of hydrogen-bond donors (Lipinski definition) is 1. The zero-order valence-corrected chi connectivity index (χ0v) is 18.5. The maximum absolute atomic E-state index is 13.4. The third-order valence-corrected chi connectivity index (χ3v) is 5.07. The van der Waals surface area contributed by atoms with E-state index in [1.54, 1.807) is 31.6 Å². The second-order valence-corrected chi connectivity index (χ2v) is 7.54. The molecule has 3 rings (SSSR count). The van der Waals surface area contributed by atoms with Gasteiger partial charge in [-0.2, -0.15) is 0 Å². The summed E-state index contributed by atoms with van der Waals surface area (Å²) in [5.41, 5.74) is 4.84. The third-order valence-electron chi connectivity index (χ3n) is 5.07. The van der Waals surface area contributed by atoms with E-state index >= 15 is 0 Å². The molecule has 2 aromatic carbocycles. The molecule has 0 saturated heterocycles. The van der Waals surface area contributed by atoms with Gasteiger partial charge in [0.05, 0.1) is 19.5 Å². The molecule has 164 valence electrons. The molecule has 0 spiro atoms. The molecule has 1 amide bonds. The molecule has 1 atom stereocenters. The zero-order chi connectivity index (χ0) is 22.5. The average molecular weight is 426 g/mol. The standard InChI is InChI=1S/C25H28FNO4/c1-6-30-24-17(4)25-21(22(14-31-25)18-7-9-19(26)10-8-18)12-20(24)15(2)11-23(28)27-16(3)13-29-5/h7-12,14,16H,6,13H2,1-5H3,(H,27,28)/b15-11+. The van der Waals surface area contributed by atoms with E-state index in [1.807, 2.05) is 33.8 Å². The van der Waals surface area contributed by atoms with Crippen LogP contribution in [0.3, 0.4) is 0 Å². The molecule has 1 aromatic heterocycles. The van der Waals surface area contributed by atoms with Crippen molar-refractivity contribution in [2.75, 3.05) is 20.3 Å². The summed E-state index contributed by atoms with van der Waals surface area (Å²) in [4.78, 5) is 12.5. The molecule has 3 aromatic rings. The van der Waals surface area contributed by atoms with Crippen molar-refractivity contribution in [2.45, 2.75) is 33.7 Å². The Bertz CT molecular complexity index is 1100. The van der Waals surface area contributed by atoms with Crippen molar-refractivity contribution in [1.29, 1.82) is 0 Å². The van der Waals surface area contributed by atoms with E-state index in [2.05, 4.69) is 5.32 Å². The Labute approximate surface area is 181 Å². The molecule has 0 aliphatic heterocycles. The van der Waals surface area contributed by atoms with Crippen LogP contribution in [0.1, 0.15) is 31.9 Å². The number of benzene rings is 2. The van der Waals surface area contributed by atoms with Crippen molar-refractivity contribution in [3.63, 3.8) is 0 Å². The summed E-state index contributed by atoms with van der Waals surface area (Å²) in [5.74, 6) is 0.189. The first-order valence-electron chi connectivity index (χ1n) is 10.3. The highest BCUT2D eigenvalue weighted by Crippen LogP contribution is 2.40. The number of ether oxygens (including phenoxy) is 2. The van der Waals surface area contributed by atoms with E-state index in [0.29, 0.717) is 24.5 Å². The van der Waals surface area contributed by atoms with E-state index in [4.69, 9.17) is 13.9 Å². The van der Waals surface area contributed by atoms with Crippen LogP contribution >= 0.6 is 0 Å². The summed E-state index contributed by atoms with van der Waals surface area (Å²) in [6.07, 6.45) is 3.23. The van der Waals surface area contributed by atoms with Gasteiger partial charge in [-0.3, -0.25) is 4.79 Å². The van der Waals surface area contributed by atoms with Crippen LogP contribution in [-0.2, 0) is 9.53 Å². The Kier molecular flexibility index (Phi) is 7.13. The Morgan fingerprint density at radius 2 is 2.00 bits per heavy atom. The first kappa shape index (κ1) is 22.6. The highest BCUT2D eigenvalue weighted by Gasteiger charge is 2.19. The topological polar surface area (TPSA) is 60.7 Å². The number of fused-ring (bicyclic) bond motifs is 1. The summed E-state index contributed by atoms with van der Waals surface area (Å²) in [6.45, 7) is 8.52. The fraction of sp³-hybridized carbons (Fsp3) is 0.320. The number of furan rings is 1. The van der Waals surface area contributed by atoms with Crippen LogP contribution in [0, 0.1) is 12.7 Å². The van der Waals surface area contributed by atoms with Crippen LogP contribution < -0.4 is 10.1 Å². The van der Waals surface area contributed by atoms with Gasteiger partial charge in [0.2, 0.25) is 5.91 Å². The first-order valence-corrected chi connectivity index (χ1v) is 10.3. The first-order chi connectivity index (χ1) is 14.8. The van der Waals surface area contributed by atoms with Crippen LogP contribution in [-0.4, -0.2) is 32.3 Å². The summed E-state index contributed by atoms with van der Waals surface area (Å²) in [5, 5.41) is 3.77. The number of amides is 1. The van der Waals surface area contributed by atoms with Crippen LogP contribution in [0.2, 0.25) is 0 Å². The summed E-state index contributed by atoms with van der Waals surface area (Å²) in [7, 11) is 1.60. The van der Waals surface area contributed by atoms with Gasteiger partial charge in [0, 0.05) is 41.3 Å². The number of halogens is 1. The molecule has 1 N–H and O–H groups in total. The Morgan fingerprint density at radius 1 is 1.29 bits per heavy atom. The maximum Gasteiger partial charge on any atom is 0.244 e. The quantitative estimate of drug-likeness (QED) is 0.484. The molecule has 0 bridgehead atoms. The lowest BCUT2D eigenvalue weighted by atomic mass is 9.96. The van der Waals surface area contributed by atoms with Gasteiger partial charge in [-0.05, 0) is 57.0 Å². The molecular formula is C25H28FNO4. The summed E-state index contributed by atoms with van der Waals surface area (Å²) in [6, 6.07) is 8.15. The van der Waals surface area contributed by atoms with Crippen LogP contribution in [0.15, 0.2) is 47.1 Å². The lowest BCUT2D eigenvalue weighted by molar-refractivity contribution is -0.117. The molecular weight excluding hydrogens is 397 g/mol. The summed E-state index contributed by atoms with van der Waals surface area (Å²) < 4.78 is 30.2. The summed E-state index contributed by atoms with van der Waals surface area (Å²) >= 11 is 0. The molecule has 0 radical (unpaired) electrons. The number of nitrogens with one attached hydrogen (secondary N) is 1. The predicted octanol–water partition coefficient (Wildman–Crippen LogP) is 5.50. The van der Waals surface area contributed by atoms with Crippen LogP contribution in [0.4, 0.5) is 4.39 Å². The van der Waals surface area contributed by atoms with Crippen molar-refractivity contribution in [3.05, 3.63) is 59.6 Å².